The van der Waals surface area contributed by atoms with Crippen LogP contribution in [-0.4, -0.2) is 37.2 Å². The topological polar surface area (TPSA) is 63.2 Å². The number of halogens is 4. The number of nitrogens with one attached hydrogen (secondary N) is 2. The van der Waals surface area contributed by atoms with Gasteiger partial charge >= 0.3 is 6.18 Å². The molecule has 0 spiro atoms. The van der Waals surface area contributed by atoms with Crippen LogP contribution >= 0.6 is 11.6 Å². The first-order valence-corrected chi connectivity index (χ1v) is 6.40. The number of amides is 1. The molecule has 118 valence electrons. The number of pyridine rings is 1. The van der Waals surface area contributed by atoms with Crippen LogP contribution in [0.4, 0.5) is 19.0 Å². The van der Waals surface area contributed by atoms with E-state index in [2.05, 4.69) is 15.6 Å². The lowest BCUT2D eigenvalue weighted by atomic mass is 10.2. The lowest BCUT2D eigenvalue weighted by molar-refractivity contribution is -0.137. The first kappa shape index (κ1) is 17.5. The Morgan fingerprint density at radius 1 is 1.48 bits per heavy atom. The second kappa shape index (κ2) is 7.46. The number of rotatable bonds is 6. The SMILES string of the molecule is COCCNC(=O)C(C)Nc1cc(C(F)(F)F)cc(Cl)n1. The van der Waals surface area contributed by atoms with Crippen molar-refractivity contribution in [2.75, 3.05) is 25.6 Å². The molecular formula is C12H15ClF3N3O2. The number of hydrogen-bond donors (Lipinski definition) is 2. The Hall–Kier alpha value is -1.54. The first-order valence-electron chi connectivity index (χ1n) is 6.02. The molecular weight excluding hydrogens is 311 g/mol. The number of carbonyl (C=O) groups excluding carboxylic acids is 1. The molecule has 1 rings (SSSR count). The summed E-state index contributed by atoms with van der Waals surface area (Å²) in [6.45, 7) is 2.14. The van der Waals surface area contributed by atoms with E-state index >= 15 is 0 Å². The van der Waals surface area contributed by atoms with Crippen molar-refractivity contribution >= 4 is 23.3 Å². The monoisotopic (exact) mass is 325 g/mol. The fourth-order valence-corrected chi connectivity index (χ4v) is 1.66. The molecule has 0 aliphatic rings. The maximum atomic E-state index is 12.6. The van der Waals surface area contributed by atoms with E-state index in [-0.39, 0.29) is 16.9 Å². The number of methoxy groups -OCH3 is 1. The highest BCUT2D eigenvalue weighted by Crippen LogP contribution is 2.32. The number of anilines is 1. The largest absolute Gasteiger partial charge is 0.416 e. The summed E-state index contributed by atoms with van der Waals surface area (Å²) in [4.78, 5) is 15.4. The van der Waals surface area contributed by atoms with E-state index in [1.54, 1.807) is 0 Å². The molecule has 0 saturated carbocycles. The van der Waals surface area contributed by atoms with Crippen molar-refractivity contribution in [2.24, 2.45) is 0 Å². The van der Waals surface area contributed by atoms with Gasteiger partial charge in [-0.2, -0.15) is 13.2 Å². The molecule has 0 radical (unpaired) electrons. The van der Waals surface area contributed by atoms with Gasteiger partial charge in [0.15, 0.2) is 0 Å². The molecule has 2 N–H and O–H groups in total. The summed E-state index contributed by atoms with van der Waals surface area (Å²) in [5.74, 6) is -0.508. The minimum absolute atomic E-state index is 0.121. The van der Waals surface area contributed by atoms with Crippen LogP contribution in [0.1, 0.15) is 12.5 Å². The van der Waals surface area contributed by atoms with E-state index in [0.29, 0.717) is 13.2 Å². The molecule has 1 heterocycles. The predicted octanol–water partition coefficient (Wildman–Crippen LogP) is 2.32. The Balaban J connectivity index is 2.74. The Morgan fingerprint density at radius 2 is 2.14 bits per heavy atom. The molecule has 9 heteroatoms. The number of aromatic nitrogens is 1. The van der Waals surface area contributed by atoms with Gasteiger partial charge in [-0.15, -0.1) is 0 Å². The maximum Gasteiger partial charge on any atom is 0.416 e. The molecule has 0 bridgehead atoms. The number of carbonyl (C=O) groups is 1. The zero-order valence-electron chi connectivity index (χ0n) is 11.4. The van der Waals surface area contributed by atoms with Gasteiger partial charge in [-0.05, 0) is 19.1 Å². The van der Waals surface area contributed by atoms with Crippen LogP contribution in [0.3, 0.4) is 0 Å². The average molecular weight is 326 g/mol. The molecule has 0 aliphatic carbocycles. The Kier molecular flexibility index (Phi) is 6.22. The summed E-state index contributed by atoms with van der Waals surface area (Å²) in [5, 5.41) is 4.82. The predicted molar refractivity (Wildman–Crippen MR) is 72.2 cm³/mol. The third-order valence-corrected chi connectivity index (χ3v) is 2.68. The highest BCUT2D eigenvalue weighted by Gasteiger charge is 2.31. The van der Waals surface area contributed by atoms with Crippen molar-refractivity contribution < 1.29 is 22.7 Å². The van der Waals surface area contributed by atoms with Crippen LogP contribution in [0.15, 0.2) is 12.1 Å². The van der Waals surface area contributed by atoms with Crippen LogP contribution in [-0.2, 0) is 15.7 Å². The number of alkyl halides is 3. The minimum atomic E-state index is -4.53. The highest BCUT2D eigenvalue weighted by molar-refractivity contribution is 6.29. The number of ether oxygens (including phenoxy) is 1. The van der Waals surface area contributed by atoms with Crippen molar-refractivity contribution in [1.82, 2.24) is 10.3 Å². The van der Waals surface area contributed by atoms with Gasteiger partial charge in [-0.3, -0.25) is 4.79 Å². The van der Waals surface area contributed by atoms with E-state index in [0.717, 1.165) is 12.1 Å². The third-order valence-electron chi connectivity index (χ3n) is 2.48. The van der Waals surface area contributed by atoms with E-state index < -0.39 is 17.8 Å². The van der Waals surface area contributed by atoms with Crippen LogP contribution < -0.4 is 10.6 Å². The highest BCUT2D eigenvalue weighted by atomic mass is 35.5. The first-order chi connectivity index (χ1) is 9.74. The van der Waals surface area contributed by atoms with Gasteiger partial charge in [0.1, 0.15) is 17.0 Å². The van der Waals surface area contributed by atoms with Gasteiger partial charge in [0.2, 0.25) is 5.91 Å². The number of hydrogen-bond acceptors (Lipinski definition) is 4. The second-order valence-electron chi connectivity index (χ2n) is 4.21. The molecule has 1 atom stereocenters. The third kappa shape index (κ3) is 5.76. The van der Waals surface area contributed by atoms with Crippen molar-refractivity contribution in [3.63, 3.8) is 0 Å². The molecule has 0 fully saturated rings. The van der Waals surface area contributed by atoms with E-state index in [1.165, 1.54) is 14.0 Å². The molecule has 0 aromatic carbocycles. The Morgan fingerprint density at radius 3 is 2.71 bits per heavy atom. The van der Waals surface area contributed by atoms with Gasteiger partial charge in [-0.25, -0.2) is 4.98 Å². The van der Waals surface area contributed by atoms with Crippen molar-refractivity contribution in [1.29, 1.82) is 0 Å². The van der Waals surface area contributed by atoms with E-state index in [1.807, 2.05) is 0 Å². The molecule has 1 aromatic heterocycles. The van der Waals surface area contributed by atoms with Gasteiger partial charge in [0.05, 0.1) is 12.2 Å². The Labute approximate surface area is 124 Å². The summed E-state index contributed by atoms with van der Waals surface area (Å²) >= 11 is 5.55. The summed E-state index contributed by atoms with van der Waals surface area (Å²) < 4.78 is 42.7. The van der Waals surface area contributed by atoms with Crippen LogP contribution in [0.2, 0.25) is 5.15 Å². The summed E-state index contributed by atoms with van der Waals surface area (Å²) in [5.41, 5.74) is -0.933. The fraction of sp³-hybridized carbons (Fsp3) is 0.500. The lowest BCUT2D eigenvalue weighted by Gasteiger charge is -2.16. The van der Waals surface area contributed by atoms with Crippen LogP contribution in [0, 0.1) is 0 Å². The molecule has 0 aliphatic heterocycles. The Bertz CT molecular complexity index is 497. The van der Waals surface area contributed by atoms with E-state index in [9.17, 15) is 18.0 Å². The molecule has 1 aromatic rings. The van der Waals surface area contributed by atoms with Crippen LogP contribution in [0.5, 0.6) is 0 Å². The minimum Gasteiger partial charge on any atom is -0.383 e. The van der Waals surface area contributed by atoms with Gasteiger partial charge < -0.3 is 15.4 Å². The van der Waals surface area contributed by atoms with Crippen molar-refractivity contribution in [2.45, 2.75) is 19.1 Å². The van der Waals surface area contributed by atoms with Crippen molar-refractivity contribution in [3.05, 3.63) is 22.8 Å². The lowest BCUT2D eigenvalue weighted by Crippen LogP contribution is -2.39. The normalized spacial score (nSPS) is 12.9. The standard InChI is InChI=1S/C12H15ClF3N3O2/c1-7(11(20)17-3-4-21-2)18-10-6-8(12(14,15)16)5-9(13)19-10/h5-7H,3-4H2,1-2H3,(H,17,20)(H,18,19). The quantitative estimate of drug-likeness (QED) is 0.622. The zero-order chi connectivity index (χ0) is 16.0. The smallest absolute Gasteiger partial charge is 0.383 e. The second-order valence-corrected chi connectivity index (χ2v) is 4.60. The van der Waals surface area contributed by atoms with Gasteiger partial charge in [0, 0.05) is 13.7 Å². The van der Waals surface area contributed by atoms with Gasteiger partial charge in [-0.1, -0.05) is 11.6 Å². The molecule has 21 heavy (non-hydrogen) atoms. The molecule has 1 unspecified atom stereocenters. The molecule has 1 amide bonds. The number of nitrogens with zero attached hydrogens (tertiary/aromatic N) is 1. The summed E-state index contributed by atoms with van der Waals surface area (Å²) in [7, 11) is 1.49. The van der Waals surface area contributed by atoms with Gasteiger partial charge in [0.25, 0.3) is 0 Å². The fourth-order valence-electron chi connectivity index (χ4n) is 1.45. The average Bonchev–Trinajstić information content (AvgIpc) is 2.37. The van der Waals surface area contributed by atoms with E-state index in [4.69, 9.17) is 16.3 Å². The van der Waals surface area contributed by atoms with Crippen molar-refractivity contribution in [3.8, 4) is 0 Å². The zero-order valence-corrected chi connectivity index (χ0v) is 12.2. The molecule has 5 nitrogen and oxygen atoms in total. The molecule has 0 saturated heterocycles. The summed E-state index contributed by atoms with van der Waals surface area (Å²) in [6, 6.07) is 0.745. The summed E-state index contributed by atoms with van der Waals surface area (Å²) in [6.07, 6.45) is -4.53. The maximum absolute atomic E-state index is 12.6. The van der Waals surface area contributed by atoms with Crippen LogP contribution in [0.25, 0.3) is 0 Å².